The minimum Gasteiger partial charge on any atom is -0.345 e. The van der Waals surface area contributed by atoms with E-state index in [1.54, 1.807) is 11.0 Å². The summed E-state index contributed by atoms with van der Waals surface area (Å²) in [5.41, 5.74) is 3.63. The van der Waals surface area contributed by atoms with Gasteiger partial charge in [-0.25, -0.2) is 0 Å². The summed E-state index contributed by atoms with van der Waals surface area (Å²) >= 11 is 5.68. The largest absolute Gasteiger partial charge is 0.345 e. The Morgan fingerprint density at radius 3 is 2.77 bits per heavy atom. The first-order chi connectivity index (χ1) is 10.7. The predicted molar refractivity (Wildman–Crippen MR) is 91.0 cm³/mol. The lowest BCUT2D eigenvalue weighted by Crippen LogP contribution is -2.32. The Hall–Kier alpha value is -2.00. The highest BCUT2D eigenvalue weighted by Crippen LogP contribution is 2.13. The van der Waals surface area contributed by atoms with Crippen molar-refractivity contribution in [3.05, 3.63) is 72.1 Å². The maximum absolute atomic E-state index is 11.9. The van der Waals surface area contributed by atoms with Gasteiger partial charge in [0.25, 0.3) is 0 Å². The Morgan fingerprint density at radius 2 is 2.09 bits per heavy atom. The maximum Gasteiger partial charge on any atom is 0.238 e. The molecule has 1 amide bonds. The monoisotopic (exact) mass is 316 g/mol. The zero-order chi connectivity index (χ0) is 15.9. The fourth-order valence-electron chi connectivity index (χ4n) is 2.41. The molecule has 0 unspecified atom stereocenters. The zero-order valence-corrected chi connectivity index (χ0v) is 13.6. The van der Waals surface area contributed by atoms with Gasteiger partial charge in [0.15, 0.2) is 0 Å². The number of hydrogen-bond acceptors (Lipinski definition) is 1. The molecule has 0 spiro atoms. The lowest BCUT2D eigenvalue weighted by Gasteiger charge is -2.21. The van der Waals surface area contributed by atoms with E-state index in [4.69, 9.17) is 11.6 Å². The molecule has 0 saturated heterocycles. The SMILES string of the molecule is C=CCN(Cc1cccn1Cc1ccccc1C)C(=O)CCl. The number of halogens is 1. The molecule has 116 valence electrons. The fraction of sp³-hybridized carbons (Fsp3) is 0.278. The van der Waals surface area contributed by atoms with Crippen LogP contribution in [0.4, 0.5) is 0 Å². The second kappa shape index (κ2) is 7.85. The van der Waals surface area contributed by atoms with E-state index in [9.17, 15) is 4.79 Å². The van der Waals surface area contributed by atoms with Crippen LogP contribution in [0.2, 0.25) is 0 Å². The molecule has 0 N–H and O–H groups in total. The first-order valence-corrected chi connectivity index (χ1v) is 7.82. The van der Waals surface area contributed by atoms with Crippen molar-refractivity contribution in [3.63, 3.8) is 0 Å². The van der Waals surface area contributed by atoms with Crippen molar-refractivity contribution in [2.45, 2.75) is 20.0 Å². The molecular weight excluding hydrogens is 296 g/mol. The first kappa shape index (κ1) is 16.4. The molecule has 2 aromatic rings. The average Bonchev–Trinajstić information content (AvgIpc) is 2.95. The molecule has 4 heteroatoms. The second-order valence-corrected chi connectivity index (χ2v) is 5.52. The molecule has 22 heavy (non-hydrogen) atoms. The molecular formula is C18H21ClN2O. The number of hydrogen-bond donors (Lipinski definition) is 0. The van der Waals surface area contributed by atoms with Gasteiger partial charge in [0.05, 0.1) is 6.54 Å². The molecule has 0 aliphatic carbocycles. The van der Waals surface area contributed by atoms with Gasteiger partial charge in [-0.2, -0.15) is 0 Å². The van der Waals surface area contributed by atoms with Crippen molar-refractivity contribution in [3.8, 4) is 0 Å². The molecule has 0 radical (unpaired) electrons. The summed E-state index contributed by atoms with van der Waals surface area (Å²) in [5, 5.41) is 0. The third kappa shape index (κ3) is 4.01. The van der Waals surface area contributed by atoms with Gasteiger partial charge >= 0.3 is 0 Å². The van der Waals surface area contributed by atoms with Gasteiger partial charge in [-0.05, 0) is 30.2 Å². The van der Waals surface area contributed by atoms with Gasteiger partial charge < -0.3 is 9.47 Å². The molecule has 0 atom stereocenters. The highest BCUT2D eigenvalue weighted by Gasteiger charge is 2.13. The van der Waals surface area contributed by atoms with Crippen molar-refractivity contribution in [1.29, 1.82) is 0 Å². The lowest BCUT2D eigenvalue weighted by atomic mass is 10.1. The van der Waals surface area contributed by atoms with Crippen LogP contribution in [-0.4, -0.2) is 27.8 Å². The average molecular weight is 317 g/mol. The number of carbonyl (C=O) groups excluding carboxylic acids is 1. The normalized spacial score (nSPS) is 10.5. The summed E-state index contributed by atoms with van der Waals surface area (Å²) in [6.07, 6.45) is 3.76. The Bertz CT molecular complexity index is 648. The van der Waals surface area contributed by atoms with E-state index in [-0.39, 0.29) is 11.8 Å². The summed E-state index contributed by atoms with van der Waals surface area (Å²) in [6.45, 7) is 7.65. The van der Waals surface area contributed by atoms with Crippen molar-refractivity contribution in [2.75, 3.05) is 12.4 Å². The fourth-order valence-corrected chi connectivity index (χ4v) is 2.58. The quantitative estimate of drug-likeness (QED) is 0.566. The molecule has 2 rings (SSSR count). The third-order valence-electron chi connectivity index (χ3n) is 3.69. The summed E-state index contributed by atoms with van der Waals surface area (Å²) in [7, 11) is 0. The number of carbonyl (C=O) groups is 1. The van der Waals surface area contributed by atoms with Gasteiger partial charge in [0.2, 0.25) is 5.91 Å². The molecule has 1 heterocycles. The third-order valence-corrected chi connectivity index (χ3v) is 3.92. The van der Waals surface area contributed by atoms with Crippen LogP contribution in [-0.2, 0) is 17.9 Å². The Balaban J connectivity index is 2.16. The maximum atomic E-state index is 11.9. The number of aromatic nitrogens is 1. The van der Waals surface area contributed by atoms with Crippen LogP contribution in [0.15, 0.2) is 55.3 Å². The molecule has 0 bridgehead atoms. The molecule has 0 aliphatic heterocycles. The Labute approximate surface area is 136 Å². The number of amides is 1. The highest BCUT2D eigenvalue weighted by atomic mass is 35.5. The van der Waals surface area contributed by atoms with Crippen LogP contribution in [0, 0.1) is 6.92 Å². The van der Waals surface area contributed by atoms with Gasteiger partial charge in [-0.3, -0.25) is 4.79 Å². The lowest BCUT2D eigenvalue weighted by molar-refractivity contribution is -0.128. The van der Waals surface area contributed by atoms with Crippen molar-refractivity contribution < 1.29 is 4.79 Å². The Morgan fingerprint density at radius 1 is 1.32 bits per heavy atom. The first-order valence-electron chi connectivity index (χ1n) is 7.29. The van der Waals surface area contributed by atoms with Crippen LogP contribution in [0.5, 0.6) is 0 Å². The number of rotatable bonds is 7. The number of aryl methyl sites for hydroxylation is 1. The smallest absolute Gasteiger partial charge is 0.238 e. The van der Waals surface area contributed by atoms with E-state index in [0.717, 1.165) is 12.2 Å². The number of nitrogens with zero attached hydrogens (tertiary/aromatic N) is 2. The Kier molecular flexibility index (Phi) is 5.84. The van der Waals surface area contributed by atoms with Crippen molar-refractivity contribution in [1.82, 2.24) is 9.47 Å². The zero-order valence-electron chi connectivity index (χ0n) is 12.8. The van der Waals surface area contributed by atoms with Crippen molar-refractivity contribution >= 4 is 17.5 Å². The van der Waals surface area contributed by atoms with Crippen LogP contribution in [0.3, 0.4) is 0 Å². The molecule has 0 fully saturated rings. The van der Waals surface area contributed by atoms with Gasteiger partial charge in [0.1, 0.15) is 5.88 Å². The van der Waals surface area contributed by atoms with Crippen LogP contribution in [0.1, 0.15) is 16.8 Å². The van der Waals surface area contributed by atoms with E-state index in [0.29, 0.717) is 13.1 Å². The van der Waals surface area contributed by atoms with Crippen LogP contribution in [0.25, 0.3) is 0 Å². The predicted octanol–water partition coefficient (Wildman–Crippen LogP) is 3.60. The molecule has 3 nitrogen and oxygen atoms in total. The van der Waals surface area contributed by atoms with E-state index < -0.39 is 0 Å². The number of alkyl halides is 1. The van der Waals surface area contributed by atoms with E-state index in [2.05, 4.69) is 30.2 Å². The standard InChI is InChI=1S/C18H21ClN2O/c1-3-10-21(18(22)12-19)14-17-9-6-11-20(17)13-16-8-5-4-7-15(16)2/h3-9,11H,1,10,12-14H2,2H3. The minimum absolute atomic E-state index is 0.00760. The summed E-state index contributed by atoms with van der Waals surface area (Å²) in [5.74, 6) is -0.0861. The number of benzene rings is 1. The second-order valence-electron chi connectivity index (χ2n) is 5.25. The van der Waals surface area contributed by atoms with Gasteiger partial charge in [-0.15, -0.1) is 18.2 Å². The molecule has 0 saturated carbocycles. The molecule has 1 aromatic heterocycles. The summed E-state index contributed by atoms with van der Waals surface area (Å²) < 4.78 is 2.17. The molecule has 0 aliphatic rings. The van der Waals surface area contributed by atoms with Crippen LogP contribution >= 0.6 is 11.6 Å². The molecule has 1 aromatic carbocycles. The van der Waals surface area contributed by atoms with E-state index in [1.165, 1.54) is 11.1 Å². The topological polar surface area (TPSA) is 25.2 Å². The van der Waals surface area contributed by atoms with Gasteiger partial charge in [0, 0.05) is 25.0 Å². The van der Waals surface area contributed by atoms with E-state index in [1.807, 2.05) is 30.5 Å². The van der Waals surface area contributed by atoms with Gasteiger partial charge in [-0.1, -0.05) is 30.3 Å². The summed E-state index contributed by atoms with van der Waals surface area (Å²) in [6, 6.07) is 12.4. The van der Waals surface area contributed by atoms with Crippen molar-refractivity contribution in [2.24, 2.45) is 0 Å². The minimum atomic E-state index is -0.0785. The van der Waals surface area contributed by atoms with E-state index >= 15 is 0 Å². The van der Waals surface area contributed by atoms with Crippen LogP contribution < -0.4 is 0 Å². The summed E-state index contributed by atoms with van der Waals surface area (Å²) in [4.78, 5) is 13.6. The highest BCUT2D eigenvalue weighted by molar-refractivity contribution is 6.27.